The molecule has 0 bridgehead atoms. The summed E-state index contributed by atoms with van der Waals surface area (Å²) in [5.74, 6) is -1.63. The van der Waals surface area contributed by atoms with E-state index < -0.39 is 30.5 Å². The number of alkyl halides is 3. The number of carboxylic acids is 1. The zero-order valence-electron chi connectivity index (χ0n) is 20.6. The van der Waals surface area contributed by atoms with Crippen molar-refractivity contribution in [3.63, 3.8) is 0 Å². The predicted molar refractivity (Wildman–Crippen MR) is 132 cm³/mol. The van der Waals surface area contributed by atoms with Gasteiger partial charge in [-0.1, -0.05) is 6.07 Å². The van der Waals surface area contributed by atoms with Crippen LogP contribution in [0.5, 0.6) is 0 Å². The topological polar surface area (TPSA) is 90.7 Å². The maximum Gasteiger partial charge on any atom is 0.401 e. The van der Waals surface area contributed by atoms with Crippen LogP contribution in [0.4, 0.5) is 29.2 Å². The molecule has 1 unspecified atom stereocenters. The van der Waals surface area contributed by atoms with Gasteiger partial charge < -0.3 is 15.3 Å². The van der Waals surface area contributed by atoms with Gasteiger partial charge in [-0.05, 0) is 43.7 Å². The number of hydrogen-bond acceptors (Lipinski definition) is 6. The molecule has 1 aromatic heterocycles. The highest BCUT2D eigenvalue weighted by molar-refractivity contribution is 5.94. The summed E-state index contributed by atoms with van der Waals surface area (Å²) in [5, 5.41) is 12.9. The zero-order chi connectivity index (χ0) is 27.1. The van der Waals surface area contributed by atoms with Crippen molar-refractivity contribution in [1.29, 1.82) is 0 Å². The van der Waals surface area contributed by atoms with Gasteiger partial charge in [-0.2, -0.15) is 13.2 Å². The van der Waals surface area contributed by atoms with Crippen LogP contribution in [0.3, 0.4) is 0 Å². The van der Waals surface area contributed by atoms with E-state index in [0.717, 1.165) is 17.7 Å². The third-order valence-corrected chi connectivity index (χ3v) is 6.44. The Kier molecular flexibility index (Phi) is 7.13. The normalized spacial score (nSPS) is 15.7. The van der Waals surface area contributed by atoms with Gasteiger partial charge >= 0.3 is 12.1 Å². The van der Waals surface area contributed by atoms with Crippen LogP contribution in [-0.2, 0) is 7.05 Å². The summed E-state index contributed by atoms with van der Waals surface area (Å²) in [6.07, 6.45) is -4.28. The van der Waals surface area contributed by atoms with Crippen LogP contribution in [-0.4, -0.2) is 64.4 Å². The number of carbonyl (C=O) groups is 1. The first-order valence-corrected chi connectivity index (χ1v) is 11.7. The van der Waals surface area contributed by atoms with E-state index in [9.17, 15) is 32.3 Å². The van der Waals surface area contributed by atoms with E-state index in [1.165, 1.54) is 15.5 Å². The van der Waals surface area contributed by atoms with E-state index in [1.54, 1.807) is 24.9 Å². The van der Waals surface area contributed by atoms with Gasteiger partial charge in [-0.25, -0.2) is 14.2 Å². The number of rotatable bonds is 6. The molecule has 1 fully saturated rings. The maximum atomic E-state index is 13.6. The molecule has 4 rings (SSSR count). The van der Waals surface area contributed by atoms with Crippen molar-refractivity contribution in [3.05, 3.63) is 63.2 Å². The second kappa shape index (κ2) is 10.0. The van der Waals surface area contributed by atoms with E-state index in [-0.39, 0.29) is 43.0 Å². The fraction of sp³-hybridized carbons (Fsp3) is 0.400. The van der Waals surface area contributed by atoms with Gasteiger partial charge in [-0.15, -0.1) is 0 Å². The van der Waals surface area contributed by atoms with Gasteiger partial charge in [0.1, 0.15) is 5.82 Å². The summed E-state index contributed by atoms with van der Waals surface area (Å²) < 4.78 is 53.4. The molecule has 2 heterocycles. The van der Waals surface area contributed by atoms with Crippen LogP contribution in [0.15, 0.2) is 35.1 Å². The van der Waals surface area contributed by atoms with E-state index in [0.29, 0.717) is 22.4 Å². The van der Waals surface area contributed by atoms with E-state index in [2.05, 4.69) is 5.32 Å². The lowest BCUT2D eigenvalue weighted by atomic mass is 10.0. The molecular weight excluding hydrogens is 494 g/mol. The maximum absolute atomic E-state index is 13.6. The van der Waals surface area contributed by atoms with Gasteiger partial charge in [0.15, 0.2) is 0 Å². The predicted octanol–water partition coefficient (Wildman–Crippen LogP) is 3.94. The van der Waals surface area contributed by atoms with E-state index in [4.69, 9.17) is 4.98 Å². The fourth-order valence-corrected chi connectivity index (χ4v) is 4.64. The van der Waals surface area contributed by atoms with Crippen LogP contribution in [0.2, 0.25) is 0 Å². The third kappa shape index (κ3) is 5.68. The SMILES string of the molecule is Cc1cc(C(C)Nc2ccc(F)cc2C(=O)O)c2nc(N3CCN(CC(F)(F)F)CC3)n(C)c(=O)c2c1. The Labute approximate surface area is 210 Å². The van der Waals surface area contributed by atoms with Crippen molar-refractivity contribution < 1.29 is 27.5 Å². The van der Waals surface area contributed by atoms with E-state index >= 15 is 0 Å². The fourth-order valence-electron chi connectivity index (χ4n) is 4.64. The minimum absolute atomic E-state index is 0.175. The number of anilines is 2. The Hall–Kier alpha value is -3.67. The van der Waals surface area contributed by atoms with Crippen LogP contribution in [0.25, 0.3) is 10.9 Å². The molecule has 0 saturated carbocycles. The first-order chi connectivity index (χ1) is 17.3. The molecule has 3 aromatic rings. The minimum Gasteiger partial charge on any atom is -0.478 e. The summed E-state index contributed by atoms with van der Waals surface area (Å²) in [6.45, 7) is 3.51. The summed E-state index contributed by atoms with van der Waals surface area (Å²) in [4.78, 5) is 32.8. The van der Waals surface area contributed by atoms with Gasteiger partial charge in [0.2, 0.25) is 5.95 Å². The average molecular weight is 522 g/mol. The quantitative estimate of drug-likeness (QED) is 0.475. The molecule has 2 aromatic carbocycles. The van der Waals surface area contributed by atoms with Gasteiger partial charge in [0, 0.05) is 44.5 Å². The van der Waals surface area contributed by atoms with Crippen LogP contribution >= 0.6 is 0 Å². The third-order valence-electron chi connectivity index (χ3n) is 6.44. The molecule has 1 saturated heterocycles. The molecule has 2 N–H and O–H groups in total. The number of fused-ring (bicyclic) bond motifs is 1. The summed E-state index contributed by atoms with van der Waals surface area (Å²) in [5.41, 5.74) is 1.50. The lowest BCUT2D eigenvalue weighted by molar-refractivity contribution is -0.146. The van der Waals surface area contributed by atoms with Gasteiger partial charge in [0.25, 0.3) is 5.56 Å². The lowest BCUT2D eigenvalue weighted by Gasteiger charge is -2.36. The molecule has 0 amide bonds. The molecule has 198 valence electrons. The number of piperazine rings is 1. The number of aryl methyl sites for hydroxylation is 1. The molecule has 37 heavy (non-hydrogen) atoms. The van der Waals surface area contributed by atoms with Crippen LogP contribution in [0.1, 0.15) is 34.5 Å². The second-order valence-corrected chi connectivity index (χ2v) is 9.27. The van der Waals surface area contributed by atoms with Crippen molar-refractivity contribution in [2.45, 2.75) is 26.1 Å². The highest BCUT2D eigenvalue weighted by Crippen LogP contribution is 2.29. The monoisotopic (exact) mass is 521 g/mol. The number of benzene rings is 2. The number of carboxylic acid groups (broad SMARTS) is 1. The van der Waals surface area contributed by atoms with Crippen LogP contribution < -0.4 is 15.8 Å². The van der Waals surface area contributed by atoms with E-state index in [1.807, 2.05) is 13.0 Å². The highest BCUT2D eigenvalue weighted by Gasteiger charge is 2.33. The largest absolute Gasteiger partial charge is 0.478 e. The van der Waals surface area contributed by atoms with Crippen molar-refractivity contribution in [2.24, 2.45) is 7.05 Å². The minimum atomic E-state index is -4.28. The standard InChI is InChI=1S/C25H27F4N5O3/c1-14-10-17(15(2)30-20-5-4-16(26)12-18(20)23(36)37)21-19(11-14)22(35)32(3)24(31-21)34-8-6-33(7-9-34)13-25(27,28)29/h4-5,10-12,15,30H,6-9,13H2,1-3H3,(H,36,37). The van der Waals surface area contributed by atoms with Crippen molar-refractivity contribution in [2.75, 3.05) is 42.9 Å². The average Bonchev–Trinajstić information content (AvgIpc) is 2.82. The Morgan fingerprint density at radius 3 is 2.46 bits per heavy atom. The molecule has 1 atom stereocenters. The van der Waals surface area contributed by atoms with Gasteiger partial charge in [-0.3, -0.25) is 14.3 Å². The molecule has 1 aliphatic heterocycles. The smallest absolute Gasteiger partial charge is 0.401 e. The Bertz CT molecular complexity index is 1400. The van der Waals surface area contributed by atoms with Crippen molar-refractivity contribution in [3.8, 4) is 0 Å². The first-order valence-electron chi connectivity index (χ1n) is 11.7. The molecule has 8 nitrogen and oxygen atoms in total. The first kappa shape index (κ1) is 26.4. The number of aromatic nitrogens is 2. The number of nitrogens with zero attached hydrogens (tertiary/aromatic N) is 4. The molecule has 0 aliphatic carbocycles. The molecule has 0 radical (unpaired) electrons. The molecular formula is C25H27F4N5O3. The number of nitrogens with one attached hydrogen (secondary N) is 1. The summed E-state index contributed by atoms with van der Waals surface area (Å²) in [6, 6.07) is 6.46. The number of aromatic carboxylic acids is 1. The lowest BCUT2D eigenvalue weighted by Crippen LogP contribution is -2.50. The zero-order valence-corrected chi connectivity index (χ0v) is 20.6. The molecule has 1 aliphatic rings. The summed E-state index contributed by atoms with van der Waals surface area (Å²) >= 11 is 0. The van der Waals surface area contributed by atoms with Gasteiger partial charge in [0.05, 0.1) is 29.1 Å². The molecule has 12 heteroatoms. The van der Waals surface area contributed by atoms with Crippen molar-refractivity contribution >= 4 is 28.5 Å². The highest BCUT2D eigenvalue weighted by atomic mass is 19.4. The Morgan fingerprint density at radius 2 is 1.84 bits per heavy atom. The second-order valence-electron chi connectivity index (χ2n) is 9.27. The Balaban J connectivity index is 1.71. The van der Waals surface area contributed by atoms with Crippen molar-refractivity contribution in [1.82, 2.24) is 14.5 Å². The van der Waals surface area contributed by atoms with Crippen LogP contribution in [0, 0.1) is 12.7 Å². The molecule has 0 spiro atoms. The number of halogens is 4. The summed E-state index contributed by atoms with van der Waals surface area (Å²) in [7, 11) is 1.58. The number of hydrogen-bond donors (Lipinski definition) is 2. The Morgan fingerprint density at radius 1 is 1.16 bits per heavy atom.